The van der Waals surface area contributed by atoms with Gasteiger partial charge in [-0.15, -0.1) is 0 Å². The van der Waals surface area contributed by atoms with Gasteiger partial charge < -0.3 is 5.32 Å². The van der Waals surface area contributed by atoms with Crippen molar-refractivity contribution in [2.75, 3.05) is 4.31 Å². The summed E-state index contributed by atoms with van der Waals surface area (Å²) in [4.78, 5) is 27.4. The molecule has 242 valence electrons. The molecule has 5 rings (SSSR count). The number of carbonyl (C=O) groups is 2. The Kier molecular flexibility index (Phi) is 11.6. The van der Waals surface area contributed by atoms with Crippen LogP contribution in [0.5, 0.6) is 0 Å². The van der Waals surface area contributed by atoms with Crippen LogP contribution in [-0.2, 0) is 35.4 Å². The summed E-state index contributed by atoms with van der Waals surface area (Å²) in [6.07, 6.45) is 0.142. The maximum Gasteiger partial charge on any atom is 0.273 e. The van der Waals surface area contributed by atoms with Crippen LogP contribution >= 0.6 is 46.5 Å². The fourth-order valence-electron chi connectivity index (χ4n) is 4.72. The molecule has 2 unspecified atom stereocenters. The molecular formula is C32H25Cl3FN5O4S2. The molecule has 5 aromatic rings. The molecule has 0 fully saturated rings. The number of hydrogen-bond acceptors (Lipinski definition) is 6. The third-order valence-electron chi connectivity index (χ3n) is 6.95. The average molecular weight is 733 g/mol. The largest absolute Gasteiger partial charge is 0.340 e. The van der Waals surface area contributed by atoms with Gasteiger partial charge in [-0.2, -0.15) is 13.9 Å². The van der Waals surface area contributed by atoms with Crippen LogP contribution in [-0.4, -0.2) is 40.5 Å². The first-order valence-electron chi connectivity index (χ1n) is 13.9. The summed E-state index contributed by atoms with van der Waals surface area (Å²) < 4.78 is 48.2. The molecule has 0 saturated carbocycles. The van der Waals surface area contributed by atoms with Gasteiger partial charge in [-0.1, -0.05) is 106 Å². The molecule has 0 spiro atoms. The highest BCUT2D eigenvalue weighted by atomic mass is 35.5. The van der Waals surface area contributed by atoms with E-state index in [0.29, 0.717) is 16.8 Å². The van der Waals surface area contributed by atoms with Crippen LogP contribution in [0.3, 0.4) is 0 Å². The summed E-state index contributed by atoms with van der Waals surface area (Å²) in [6, 6.07) is 25.1. The molecule has 9 nitrogen and oxygen atoms in total. The molecule has 0 aliphatic rings. The van der Waals surface area contributed by atoms with Gasteiger partial charge in [-0.25, -0.2) is 8.51 Å². The van der Waals surface area contributed by atoms with Crippen molar-refractivity contribution in [3.63, 3.8) is 0 Å². The van der Waals surface area contributed by atoms with E-state index in [1.54, 1.807) is 36.4 Å². The quantitative estimate of drug-likeness (QED) is 0.101. The van der Waals surface area contributed by atoms with Crippen molar-refractivity contribution in [3.05, 3.63) is 140 Å². The molecule has 2 amide bonds. The summed E-state index contributed by atoms with van der Waals surface area (Å²) in [5.74, 6) is -1.83. The lowest BCUT2D eigenvalue weighted by Gasteiger charge is -2.24. The van der Waals surface area contributed by atoms with E-state index in [1.807, 2.05) is 30.3 Å². The zero-order valence-electron chi connectivity index (χ0n) is 24.2. The Morgan fingerprint density at radius 2 is 1.55 bits per heavy atom. The predicted molar refractivity (Wildman–Crippen MR) is 183 cm³/mol. The van der Waals surface area contributed by atoms with E-state index >= 15 is 4.48 Å². The second kappa shape index (κ2) is 15.8. The number of nitrogens with zero attached hydrogens (tertiary/aromatic N) is 4. The molecule has 1 heterocycles. The van der Waals surface area contributed by atoms with Gasteiger partial charge in [0.05, 0.1) is 39.6 Å². The first-order chi connectivity index (χ1) is 22.6. The number of carbonyl (C=O) groups excluding carboxylic acids is 2. The van der Waals surface area contributed by atoms with Gasteiger partial charge in [0.1, 0.15) is 11.7 Å². The van der Waals surface area contributed by atoms with E-state index in [9.17, 15) is 18.4 Å². The van der Waals surface area contributed by atoms with Gasteiger partial charge in [-0.3, -0.25) is 14.1 Å². The van der Waals surface area contributed by atoms with Crippen molar-refractivity contribution in [1.29, 1.82) is 0 Å². The van der Waals surface area contributed by atoms with Crippen LogP contribution in [0.1, 0.15) is 32.7 Å². The molecular weight excluding hydrogens is 708 g/mol. The fraction of sp³-hybridized carbons (Fsp3) is 0.125. The molecule has 2 atom stereocenters. The first kappa shape index (κ1) is 34.4. The van der Waals surface area contributed by atoms with Crippen molar-refractivity contribution in [1.82, 2.24) is 19.2 Å². The Bertz CT molecular complexity index is 1900. The van der Waals surface area contributed by atoms with Crippen LogP contribution < -0.4 is 9.62 Å². The lowest BCUT2D eigenvalue weighted by molar-refractivity contribution is -0.150. The van der Waals surface area contributed by atoms with E-state index in [2.05, 4.69) is 14.1 Å². The normalized spacial score (nSPS) is 12.3. The molecule has 0 saturated heterocycles. The summed E-state index contributed by atoms with van der Waals surface area (Å²) in [5, 5.41) is 3.28. The number of amides is 2. The molecule has 15 heteroatoms. The Morgan fingerprint density at radius 3 is 2.21 bits per heavy atom. The van der Waals surface area contributed by atoms with Gasteiger partial charge >= 0.3 is 0 Å². The van der Waals surface area contributed by atoms with E-state index in [-0.39, 0.29) is 56.6 Å². The van der Waals surface area contributed by atoms with Gasteiger partial charge in [0.2, 0.25) is 0 Å². The Labute approximate surface area is 291 Å². The minimum Gasteiger partial charge on any atom is -0.340 e. The second-order valence-electron chi connectivity index (χ2n) is 10.2. The number of halogens is 4. The highest BCUT2D eigenvalue weighted by Crippen LogP contribution is 2.34. The third-order valence-corrected chi connectivity index (χ3v) is 9.17. The summed E-state index contributed by atoms with van der Waals surface area (Å²) in [7, 11) is 0. The second-order valence-corrected chi connectivity index (χ2v) is 12.8. The topological polar surface area (TPSA) is 116 Å². The lowest BCUT2D eigenvalue weighted by atomic mass is 10.0. The first-order valence-corrected chi connectivity index (χ1v) is 16.9. The SMILES string of the molecule is O=C(NC(Cc1ccc(Cl)c(Cl)c1)C(=O)N(F)Cc1ccccc1)c1ccc(Cl)cc1N(c1nsnc1Cc1ccccc1)S(=O)O. The third kappa shape index (κ3) is 8.72. The molecule has 0 aliphatic carbocycles. The Hall–Kier alpha value is -3.91. The minimum atomic E-state index is -2.74. The number of benzene rings is 4. The average Bonchev–Trinajstić information content (AvgIpc) is 3.50. The van der Waals surface area contributed by atoms with Gasteiger partial charge in [0.15, 0.2) is 5.82 Å². The number of nitrogens with one attached hydrogen (secondary N) is 1. The van der Waals surface area contributed by atoms with Gasteiger partial charge in [0.25, 0.3) is 23.1 Å². The molecule has 4 aromatic carbocycles. The molecule has 1 aromatic heterocycles. The maximum absolute atomic E-state index is 15.4. The Morgan fingerprint density at radius 1 is 0.872 bits per heavy atom. The van der Waals surface area contributed by atoms with E-state index in [4.69, 9.17) is 34.8 Å². The zero-order valence-corrected chi connectivity index (χ0v) is 28.1. The van der Waals surface area contributed by atoms with Gasteiger partial charge in [-0.05, 0) is 47.0 Å². The van der Waals surface area contributed by atoms with Crippen molar-refractivity contribution in [3.8, 4) is 0 Å². The lowest BCUT2D eigenvalue weighted by Crippen LogP contribution is -2.47. The van der Waals surface area contributed by atoms with E-state index < -0.39 is 29.1 Å². The van der Waals surface area contributed by atoms with E-state index in [0.717, 1.165) is 21.6 Å². The van der Waals surface area contributed by atoms with Crippen molar-refractivity contribution in [2.45, 2.75) is 25.4 Å². The number of hydrogen-bond donors (Lipinski definition) is 2. The monoisotopic (exact) mass is 731 g/mol. The van der Waals surface area contributed by atoms with Crippen LogP contribution in [0.25, 0.3) is 0 Å². The standard InChI is InChI=1S/C32H25Cl3FN5O4S2/c33-23-12-13-24(29(18-23)41(47(44)45)30-27(38-46-39-30)16-20-7-3-1-4-8-20)31(42)37-28(17-22-11-14-25(34)26(35)15-22)32(43)40(36)19-21-9-5-2-6-10-21/h1-15,18,28H,16-17,19H2,(H,37,42)(H,44,45). The molecule has 2 N–H and O–H groups in total. The van der Waals surface area contributed by atoms with Crippen molar-refractivity contribution < 1.29 is 22.8 Å². The van der Waals surface area contributed by atoms with Gasteiger partial charge in [0, 0.05) is 17.9 Å². The number of anilines is 2. The minimum absolute atomic E-state index is 0.0203. The summed E-state index contributed by atoms with van der Waals surface area (Å²) in [5.41, 5.74) is 2.09. The Balaban J connectivity index is 1.48. The van der Waals surface area contributed by atoms with Crippen molar-refractivity contribution in [2.24, 2.45) is 0 Å². The molecule has 47 heavy (non-hydrogen) atoms. The summed E-state index contributed by atoms with van der Waals surface area (Å²) in [6.45, 7) is -0.363. The zero-order chi connectivity index (χ0) is 33.5. The molecule has 0 radical (unpaired) electrons. The number of aromatic nitrogens is 2. The highest BCUT2D eigenvalue weighted by Gasteiger charge is 2.31. The van der Waals surface area contributed by atoms with Crippen LogP contribution in [0.15, 0.2) is 97.1 Å². The maximum atomic E-state index is 15.4. The smallest absolute Gasteiger partial charge is 0.273 e. The molecule has 0 bridgehead atoms. The number of rotatable bonds is 12. The van der Waals surface area contributed by atoms with Crippen LogP contribution in [0.4, 0.5) is 16.0 Å². The summed E-state index contributed by atoms with van der Waals surface area (Å²) >= 11 is 16.7. The van der Waals surface area contributed by atoms with Crippen LogP contribution in [0.2, 0.25) is 15.1 Å². The van der Waals surface area contributed by atoms with E-state index in [1.165, 1.54) is 30.3 Å². The predicted octanol–water partition coefficient (Wildman–Crippen LogP) is 7.62. The van der Waals surface area contributed by atoms with Crippen molar-refractivity contribution >= 4 is 81.1 Å². The molecule has 0 aliphatic heterocycles. The highest BCUT2D eigenvalue weighted by molar-refractivity contribution is 7.81. The van der Waals surface area contributed by atoms with Crippen LogP contribution in [0, 0.1) is 0 Å². The fourth-order valence-corrected chi connectivity index (χ4v) is 6.42.